The summed E-state index contributed by atoms with van der Waals surface area (Å²) >= 11 is 3.42. The van der Waals surface area contributed by atoms with Crippen LogP contribution in [0.15, 0.2) is 85.4 Å². The normalized spacial score (nSPS) is 14.5. The molecule has 0 spiro atoms. The van der Waals surface area contributed by atoms with E-state index in [1.165, 1.54) is 16.8 Å². The fraction of sp³-hybridized carbons (Fsp3) is 0.0455. The lowest BCUT2D eigenvalue weighted by atomic mass is 10.1. The van der Waals surface area contributed by atoms with E-state index in [0.717, 1.165) is 10.0 Å². The molecule has 0 atom stereocenters. The highest BCUT2D eigenvalue weighted by molar-refractivity contribution is 9.10. The molecule has 2 aromatic carbocycles. The Balaban J connectivity index is 1.77. The highest BCUT2D eigenvalue weighted by atomic mass is 79.9. The van der Waals surface area contributed by atoms with Crippen LogP contribution in [0.5, 0.6) is 5.75 Å². The van der Waals surface area contributed by atoms with Crippen LogP contribution in [0.2, 0.25) is 0 Å². The minimum atomic E-state index is -4.06. The minimum absolute atomic E-state index is 0.000145. The number of rotatable bonds is 3. The van der Waals surface area contributed by atoms with E-state index < -0.39 is 15.6 Å². The van der Waals surface area contributed by atoms with Gasteiger partial charge in [-0.1, -0.05) is 40.2 Å². The first kappa shape index (κ1) is 20.4. The maximum Gasteiger partial charge on any atom is 0.286 e. The van der Waals surface area contributed by atoms with Crippen LogP contribution < -0.4 is 10.9 Å². The first-order valence-corrected chi connectivity index (χ1v) is 11.7. The summed E-state index contributed by atoms with van der Waals surface area (Å²) in [6.45, 7) is 0.162. The number of amidine groups is 1. The Morgan fingerprint density at radius 3 is 2.69 bits per heavy atom. The monoisotopic (exact) mass is 510 g/mol. The quantitative estimate of drug-likeness (QED) is 0.436. The van der Waals surface area contributed by atoms with Crippen molar-refractivity contribution in [2.45, 2.75) is 11.4 Å². The Bertz CT molecular complexity index is 1600. The van der Waals surface area contributed by atoms with Gasteiger partial charge in [0.15, 0.2) is 5.84 Å². The molecule has 2 aromatic heterocycles. The molecule has 5 rings (SSSR count). The molecular formula is C22H15BrN4O4S. The molecular weight excluding hydrogens is 496 g/mol. The van der Waals surface area contributed by atoms with Gasteiger partial charge in [0, 0.05) is 10.7 Å². The zero-order chi connectivity index (χ0) is 22.5. The fourth-order valence-electron chi connectivity index (χ4n) is 3.66. The lowest BCUT2D eigenvalue weighted by Gasteiger charge is -2.20. The summed E-state index contributed by atoms with van der Waals surface area (Å²) in [4.78, 5) is 17.8. The number of benzene rings is 2. The standard InChI is InChI=1S/C22H15BrN4O4S/c23-14-6-3-5-13(11-14)12-27-21-15(7-4-10-24-21)19(28)18(22(27)29)20-25-16-8-1-2-9-17(16)32(30,31)26-20/h1-11,28H,12H2,(H,25,26). The van der Waals surface area contributed by atoms with Gasteiger partial charge < -0.3 is 10.4 Å². The molecule has 0 unspecified atom stereocenters. The van der Waals surface area contributed by atoms with Gasteiger partial charge in [-0.3, -0.25) is 9.36 Å². The Hall–Kier alpha value is -3.50. The van der Waals surface area contributed by atoms with Crippen molar-refractivity contribution in [3.05, 3.63) is 92.8 Å². The first-order valence-electron chi connectivity index (χ1n) is 9.51. The average molecular weight is 511 g/mol. The second kappa shape index (κ2) is 7.57. The zero-order valence-corrected chi connectivity index (χ0v) is 18.8. The van der Waals surface area contributed by atoms with E-state index in [1.807, 2.05) is 24.3 Å². The van der Waals surface area contributed by atoms with Crippen LogP contribution in [0.4, 0.5) is 5.69 Å². The molecule has 1 aliphatic heterocycles. The number of nitrogens with one attached hydrogen (secondary N) is 1. The van der Waals surface area contributed by atoms with Gasteiger partial charge in [-0.25, -0.2) is 4.98 Å². The topological polar surface area (TPSA) is 114 Å². The highest BCUT2D eigenvalue weighted by Crippen LogP contribution is 2.31. The average Bonchev–Trinajstić information content (AvgIpc) is 2.76. The zero-order valence-electron chi connectivity index (χ0n) is 16.4. The molecule has 0 saturated heterocycles. The van der Waals surface area contributed by atoms with E-state index in [-0.39, 0.29) is 39.9 Å². The summed E-state index contributed by atoms with van der Waals surface area (Å²) < 4.78 is 31.5. The predicted octanol–water partition coefficient (Wildman–Crippen LogP) is 3.47. The van der Waals surface area contributed by atoms with Crippen LogP contribution in [-0.4, -0.2) is 28.9 Å². The maximum absolute atomic E-state index is 13.6. The molecule has 0 bridgehead atoms. The number of para-hydroxylation sites is 1. The molecule has 0 aliphatic carbocycles. The van der Waals surface area contributed by atoms with Crippen molar-refractivity contribution < 1.29 is 13.5 Å². The SMILES string of the molecule is O=c1c(C2=NS(=O)(=O)c3ccccc3N2)c(O)c2cccnc2n1Cc1cccc(Br)c1. The summed E-state index contributed by atoms with van der Waals surface area (Å²) in [5.41, 5.74) is 0.522. The van der Waals surface area contributed by atoms with Crippen LogP contribution >= 0.6 is 15.9 Å². The molecule has 32 heavy (non-hydrogen) atoms. The Labute approximate surface area is 191 Å². The van der Waals surface area contributed by atoms with Crippen LogP contribution in [0.25, 0.3) is 11.0 Å². The van der Waals surface area contributed by atoms with Gasteiger partial charge in [0.25, 0.3) is 15.6 Å². The number of pyridine rings is 2. The van der Waals surface area contributed by atoms with Crippen molar-refractivity contribution in [1.82, 2.24) is 9.55 Å². The van der Waals surface area contributed by atoms with Crippen molar-refractivity contribution in [1.29, 1.82) is 0 Å². The lowest BCUT2D eigenvalue weighted by molar-refractivity contribution is 0.477. The van der Waals surface area contributed by atoms with Crippen molar-refractivity contribution in [2.75, 3.05) is 5.32 Å². The van der Waals surface area contributed by atoms with Crippen LogP contribution in [0, 0.1) is 0 Å². The summed E-state index contributed by atoms with van der Waals surface area (Å²) in [5.74, 6) is -0.621. The molecule has 2 N–H and O–H groups in total. The molecule has 0 radical (unpaired) electrons. The number of hydrogen-bond donors (Lipinski definition) is 2. The number of nitrogens with zero attached hydrogens (tertiary/aromatic N) is 3. The van der Waals surface area contributed by atoms with Crippen LogP contribution in [0.1, 0.15) is 11.1 Å². The van der Waals surface area contributed by atoms with Crippen molar-refractivity contribution in [2.24, 2.45) is 4.40 Å². The molecule has 10 heteroatoms. The number of aromatic nitrogens is 2. The second-order valence-electron chi connectivity index (χ2n) is 7.16. The second-order valence-corrected chi connectivity index (χ2v) is 9.64. The van der Waals surface area contributed by atoms with Gasteiger partial charge >= 0.3 is 0 Å². The van der Waals surface area contributed by atoms with E-state index in [4.69, 9.17) is 0 Å². The summed E-state index contributed by atoms with van der Waals surface area (Å²) in [5, 5.41) is 14.1. The third-order valence-corrected chi connectivity index (χ3v) is 6.92. The van der Waals surface area contributed by atoms with Gasteiger partial charge in [0.2, 0.25) is 0 Å². The van der Waals surface area contributed by atoms with Crippen LogP contribution in [0.3, 0.4) is 0 Å². The van der Waals surface area contributed by atoms with Gasteiger partial charge in [0.05, 0.1) is 17.6 Å². The first-order chi connectivity index (χ1) is 15.3. The number of anilines is 1. The number of hydrogen-bond acceptors (Lipinski definition) is 6. The van der Waals surface area contributed by atoms with E-state index >= 15 is 0 Å². The van der Waals surface area contributed by atoms with Crippen molar-refractivity contribution in [3.63, 3.8) is 0 Å². The highest BCUT2D eigenvalue weighted by Gasteiger charge is 2.29. The summed E-state index contributed by atoms with van der Waals surface area (Å²) in [7, 11) is -4.06. The third kappa shape index (κ3) is 3.37. The molecule has 4 aromatic rings. The molecule has 0 saturated carbocycles. The van der Waals surface area contributed by atoms with E-state index in [1.54, 1.807) is 30.3 Å². The molecule has 8 nitrogen and oxygen atoms in total. The molecule has 1 aliphatic rings. The molecule has 0 amide bonds. The van der Waals surface area contributed by atoms with Gasteiger partial charge in [-0.05, 0) is 42.0 Å². The molecule has 160 valence electrons. The molecule has 0 fully saturated rings. The number of fused-ring (bicyclic) bond motifs is 2. The number of aromatic hydroxyl groups is 1. The third-order valence-electron chi connectivity index (χ3n) is 5.09. The van der Waals surface area contributed by atoms with Crippen molar-refractivity contribution >= 4 is 48.5 Å². The van der Waals surface area contributed by atoms with E-state index in [9.17, 15) is 18.3 Å². The largest absolute Gasteiger partial charge is 0.506 e. The van der Waals surface area contributed by atoms with Crippen molar-refractivity contribution in [3.8, 4) is 5.75 Å². The Kier molecular flexibility index (Phi) is 4.83. The van der Waals surface area contributed by atoms with Gasteiger partial charge in [-0.2, -0.15) is 8.42 Å². The Morgan fingerprint density at radius 1 is 1.06 bits per heavy atom. The van der Waals surface area contributed by atoms with E-state index in [0.29, 0.717) is 5.39 Å². The summed E-state index contributed by atoms with van der Waals surface area (Å²) in [6, 6.07) is 16.9. The number of sulfonamides is 1. The number of halogens is 1. The maximum atomic E-state index is 13.6. The predicted molar refractivity (Wildman–Crippen MR) is 125 cm³/mol. The van der Waals surface area contributed by atoms with Gasteiger partial charge in [0.1, 0.15) is 21.9 Å². The lowest BCUT2D eigenvalue weighted by Crippen LogP contribution is -2.33. The molecule has 3 heterocycles. The summed E-state index contributed by atoms with van der Waals surface area (Å²) in [6.07, 6.45) is 1.52. The smallest absolute Gasteiger partial charge is 0.286 e. The van der Waals surface area contributed by atoms with Crippen LogP contribution in [-0.2, 0) is 16.6 Å². The fourth-order valence-corrected chi connectivity index (χ4v) is 5.23. The van der Waals surface area contributed by atoms with E-state index in [2.05, 4.69) is 30.6 Å². The minimum Gasteiger partial charge on any atom is -0.506 e. The van der Waals surface area contributed by atoms with Gasteiger partial charge in [-0.15, -0.1) is 4.40 Å². The Morgan fingerprint density at radius 2 is 1.88 bits per heavy atom.